The largest absolute Gasteiger partial charge is 0.871 e. The first-order valence-corrected chi connectivity index (χ1v) is 11.2. The van der Waals surface area contributed by atoms with Crippen LogP contribution in [-0.2, 0) is 9.59 Å². The summed E-state index contributed by atoms with van der Waals surface area (Å²) in [5.41, 5.74) is 1.12. The van der Waals surface area contributed by atoms with E-state index in [1.165, 1.54) is 28.0 Å². The molecule has 1 aliphatic heterocycles. The number of likely N-dealkylation sites (tertiary alicyclic amines) is 1. The van der Waals surface area contributed by atoms with E-state index in [1.807, 2.05) is 13.8 Å². The number of fused-ring (bicyclic) bond motifs is 1. The number of aromatic nitrogens is 2. The summed E-state index contributed by atoms with van der Waals surface area (Å²) in [6.45, 7) is 8.30. The van der Waals surface area contributed by atoms with E-state index in [2.05, 4.69) is 4.98 Å². The number of quaternary nitrogens is 1. The van der Waals surface area contributed by atoms with Crippen LogP contribution in [-0.4, -0.2) is 52.2 Å². The second kappa shape index (κ2) is 9.15. The maximum absolute atomic E-state index is 14.9. The van der Waals surface area contributed by atoms with Gasteiger partial charge in [-0.3, -0.25) is 9.59 Å². The Balaban J connectivity index is 1.90. The maximum atomic E-state index is 14.9. The topological polar surface area (TPSA) is 82.2 Å². The van der Waals surface area contributed by atoms with Gasteiger partial charge in [-0.15, -0.1) is 0 Å². The van der Waals surface area contributed by atoms with Crippen LogP contribution >= 0.6 is 0 Å². The van der Waals surface area contributed by atoms with Gasteiger partial charge in [-0.25, -0.2) is 9.37 Å². The quantitative estimate of drug-likeness (QED) is 0.330. The molecule has 2 aromatic heterocycles. The molecule has 1 amide bonds. The van der Waals surface area contributed by atoms with Gasteiger partial charge in [0.05, 0.1) is 43.6 Å². The van der Waals surface area contributed by atoms with Gasteiger partial charge in [-0.05, 0) is 39.0 Å². The molecule has 1 saturated heterocycles. The average molecular weight is 451 g/mol. The van der Waals surface area contributed by atoms with Crippen molar-refractivity contribution in [2.75, 3.05) is 26.2 Å². The van der Waals surface area contributed by atoms with Crippen LogP contribution in [0.1, 0.15) is 36.8 Å². The molecular weight excluding hydrogens is 423 g/mol. The summed E-state index contributed by atoms with van der Waals surface area (Å²) in [6.07, 6.45) is 1.68. The third-order valence-electron chi connectivity index (χ3n) is 6.35. The van der Waals surface area contributed by atoms with Gasteiger partial charge in [0.15, 0.2) is 0 Å². The number of Topliss-reactive ketones (excluding diaryl/α,β-unsaturated/α-hetero) is 1. The molecule has 7 nitrogen and oxygen atoms in total. The van der Waals surface area contributed by atoms with Crippen LogP contribution in [0.5, 0.6) is 0 Å². The number of pyridine rings is 1. The number of ketones is 1. The molecule has 1 fully saturated rings. The van der Waals surface area contributed by atoms with Crippen LogP contribution in [0.4, 0.5) is 4.39 Å². The van der Waals surface area contributed by atoms with E-state index < -0.39 is 29.3 Å². The van der Waals surface area contributed by atoms with E-state index in [1.54, 1.807) is 41.8 Å². The number of rotatable bonds is 7. The predicted molar refractivity (Wildman–Crippen MR) is 120 cm³/mol. The highest BCUT2D eigenvalue weighted by atomic mass is 19.1. The van der Waals surface area contributed by atoms with Crippen LogP contribution in [0.15, 0.2) is 54.2 Å². The SMILES string of the molecule is CC[NH+](CC)CCN1C(=O)C(=O)C(=C([O-])c2c(C)nc3ccccn23)C1c1ccccc1F. The number of imidazole rings is 1. The molecule has 0 aliphatic carbocycles. The maximum Gasteiger partial charge on any atom is 0.295 e. The summed E-state index contributed by atoms with van der Waals surface area (Å²) in [5, 5.41) is 13.8. The molecule has 1 unspecified atom stereocenters. The lowest BCUT2D eigenvalue weighted by Gasteiger charge is -2.28. The normalized spacial score (nSPS) is 18.1. The lowest BCUT2D eigenvalue weighted by atomic mass is 9.96. The van der Waals surface area contributed by atoms with Gasteiger partial charge in [0.2, 0.25) is 5.78 Å². The number of benzene rings is 1. The number of aryl methyl sites for hydroxylation is 1. The second-order valence-corrected chi connectivity index (χ2v) is 8.18. The lowest BCUT2D eigenvalue weighted by molar-refractivity contribution is -0.895. The van der Waals surface area contributed by atoms with Gasteiger partial charge >= 0.3 is 0 Å². The summed E-state index contributed by atoms with van der Waals surface area (Å²) >= 11 is 0. The fourth-order valence-electron chi connectivity index (χ4n) is 4.52. The van der Waals surface area contributed by atoms with E-state index in [4.69, 9.17) is 0 Å². The lowest BCUT2D eigenvalue weighted by Crippen LogP contribution is -3.12. The van der Waals surface area contributed by atoms with Crippen molar-refractivity contribution in [3.8, 4) is 0 Å². The molecule has 3 heterocycles. The van der Waals surface area contributed by atoms with E-state index in [0.29, 0.717) is 17.9 Å². The summed E-state index contributed by atoms with van der Waals surface area (Å²) in [5.74, 6) is -2.82. The van der Waals surface area contributed by atoms with Crippen LogP contribution in [0.2, 0.25) is 0 Å². The van der Waals surface area contributed by atoms with E-state index in [-0.39, 0.29) is 23.4 Å². The van der Waals surface area contributed by atoms with Crippen molar-refractivity contribution in [3.05, 3.63) is 77.0 Å². The number of likely N-dealkylation sites (N-methyl/N-ethyl adjacent to an activating group) is 1. The number of amides is 1. The number of hydrogen-bond acceptors (Lipinski definition) is 4. The van der Waals surface area contributed by atoms with Crippen molar-refractivity contribution in [1.29, 1.82) is 0 Å². The van der Waals surface area contributed by atoms with E-state index in [9.17, 15) is 19.1 Å². The molecule has 33 heavy (non-hydrogen) atoms. The van der Waals surface area contributed by atoms with Crippen molar-refractivity contribution >= 4 is 23.1 Å². The Morgan fingerprint density at radius 1 is 1.12 bits per heavy atom. The number of halogens is 1. The third kappa shape index (κ3) is 3.91. The number of nitrogens with one attached hydrogen (secondary N) is 1. The molecule has 3 aromatic rings. The zero-order chi connectivity index (χ0) is 23.7. The molecule has 1 atom stereocenters. The first kappa shape index (κ1) is 22.7. The van der Waals surface area contributed by atoms with Crippen LogP contribution in [0.25, 0.3) is 11.4 Å². The first-order valence-electron chi connectivity index (χ1n) is 11.2. The number of hydrogen-bond donors (Lipinski definition) is 1. The first-order chi connectivity index (χ1) is 15.9. The van der Waals surface area contributed by atoms with Gasteiger partial charge in [0.25, 0.3) is 5.91 Å². The molecule has 0 bridgehead atoms. The third-order valence-corrected chi connectivity index (χ3v) is 6.35. The van der Waals surface area contributed by atoms with Gasteiger partial charge in [-0.1, -0.05) is 30.0 Å². The number of carbonyl (C=O) groups is 2. The molecule has 1 aliphatic rings. The minimum absolute atomic E-state index is 0.140. The van der Waals surface area contributed by atoms with Crippen molar-refractivity contribution < 1.29 is 24.0 Å². The van der Waals surface area contributed by atoms with Gasteiger partial charge in [-0.2, -0.15) is 0 Å². The second-order valence-electron chi connectivity index (χ2n) is 8.18. The minimum Gasteiger partial charge on any atom is -0.871 e. The number of nitrogens with zero attached hydrogens (tertiary/aromatic N) is 3. The van der Waals surface area contributed by atoms with Gasteiger partial charge in [0.1, 0.15) is 11.5 Å². The number of carbonyl (C=O) groups excluding carboxylic acids is 2. The molecule has 0 spiro atoms. The molecule has 0 radical (unpaired) electrons. The summed E-state index contributed by atoms with van der Waals surface area (Å²) < 4.78 is 16.5. The smallest absolute Gasteiger partial charge is 0.295 e. The molecule has 1 aromatic carbocycles. The molecule has 172 valence electrons. The van der Waals surface area contributed by atoms with Crippen LogP contribution in [0.3, 0.4) is 0 Å². The molecule has 4 rings (SSSR count). The summed E-state index contributed by atoms with van der Waals surface area (Å²) in [4.78, 5) is 33.2. The zero-order valence-corrected chi connectivity index (χ0v) is 19.0. The highest BCUT2D eigenvalue weighted by Gasteiger charge is 2.45. The Morgan fingerprint density at radius 3 is 2.52 bits per heavy atom. The minimum atomic E-state index is -1.08. The zero-order valence-electron chi connectivity index (χ0n) is 19.0. The van der Waals surface area contributed by atoms with E-state index in [0.717, 1.165) is 13.1 Å². The highest BCUT2D eigenvalue weighted by molar-refractivity contribution is 6.46. The summed E-state index contributed by atoms with van der Waals surface area (Å²) in [6, 6.07) is 10.2. The Morgan fingerprint density at radius 2 is 1.82 bits per heavy atom. The standard InChI is InChI=1S/C25H27FN4O3/c1-4-28(5-2)14-15-30-22(17-10-6-7-11-18(17)26)20(24(32)25(30)33)23(31)21-16(3)27-19-12-8-9-13-29(19)21/h6-13,22,31H,4-5,14-15H2,1-3H3. The fourth-order valence-corrected chi connectivity index (χ4v) is 4.52. The average Bonchev–Trinajstić information content (AvgIpc) is 3.28. The molecule has 0 saturated carbocycles. The van der Waals surface area contributed by atoms with Crippen molar-refractivity contribution in [2.24, 2.45) is 0 Å². The van der Waals surface area contributed by atoms with Crippen LogP contribution < -0.4 is 10.0 Å². The van der Waals surface area contributed by atoms with E-state index >= 15 is 0 Å². The summed E-state index contributed by atoms with van der Waals surface area (Å²) in [7, 11) is 0. The van der Waals surface area contributed by atoms with Gasteiger partial charge < -0.3 is 19.3 Å². The van der Waals surface area contributed by atoms with Crippen LogP contribution in [0, 0.1) is 12.7 Å². The highest BCUT2D eigenvalue weighted by Crippen LogP contribution is 2.39. The fraction of sp³-hybridized carbons (Fsp3) is 0.320. The van der Waals surface area contributed by atoms with Crippen molar-refractivity contribution in [2.45, 2.75) is 26.8 Å². The Kier molecular flexibility index (Phi) is 6.29. The Bertz CT molecular complexity index is 1250. The van der Waals surface area contributed by atoms with Crippen molar-refractivity contribution in [1.82, 2.24) is 14.3 Å². The van der Waals surface area contributed by atoms with Gasteiger partial charge in [0, 0.05) is 17.3 Å². The Hall–Kier alpha value is -3.52. The molecular formula is C25H27FN4O3. The molecule has 1 N–H and O–H groups in total. The Labute approximate surface area is 191 Å². The molecule has 8 heteroatoms. The monoisotopic (exact) mass is 450 g/mol. The predicted octanol–water partition coefficient (Wildman–Crippen LogP) is 0.931. The van der Waals surface area contributed by atoms with Crippen molar-refractivity contribution in [3.63, 3.8) is 0 Å².